The van der Waals surface area contributed by atoms with Gasteiger partial charge in [0.05, 0.1) is 12.0 Å². The first-order valence-electron chi connectivity index (χ1n) is 19.0. The molecule has 0 amide bonds. The fraction of sp³-hybridized carbons (Fsp3) is 0.395. The van der Waals surface area contributed by atoms with E-state index in [9.17, 15) is 24.9 Å². The van der Waals surface area contributed by atoms with Crippen molar-refractivity contribution in [3.05, 3.63) is 122 Å². The number of allylic oxidation sites excluding steroid dienone is 5. The maximum absolute atomic E-state index is 13.9. The molecular weight excluding hydrogens is 700 g/mol. The van der Waals surface area contributed by atoms with Crippen LogP contribution in [0.1, 0.15) is 75.3 Å². The highest BCUT2D eigenvalue weighted by Gasteiger charge is 2.52. The molecule has 5 heterocycles. The predicted molar refractivity (Wildman–Crippen MR) is 209 cm³/mol. The number of ether oxygens (including phenoxy) is 2. The molecule has 5 atom stereocenters. The van der Waals surface area contributed by atoms with Crippen molar-refractivity contribution in [2.75, 3.05) is 13.1 Å². The highest BCUT2D eigenvalue weighted by molar-refractivity contribution is 5.92. The van der Waals surface area contributed by atoms with Crippen LogP contribution in [0.15, 0.2) is 98.2 Å². The van der Waals surface area contributed by atoms with E-state index in [1.165, 1.54) is 6.07 Å². The van der Waals surface area contributed by atoms with Gasteiger partial charge in [-0.3, -0.25) is 10.1 Å². The number of phenols is 2. The van der Waals surface area contributed by atoms with Gasteiger partial charge in [0.15, 0.2) is 5.43 Å². The lowest BCUT2D eigenvalue weighted by Gasteiger charge is -2.48. The molecule has 0 saturated carbocycles. The number of hydrogen-bond acceptors (Lipinski definition) is 12. The van der Waals surface area contributed by atoms with Crippen molar-refractivity contribution < 1.29 is 34.0 Å². The third-order valence-corrected chi connectivity index (χ3v) is 11.6. The summed E-state index contributed by atoms with van der Waals surface area (Å²) in [5.41, 5.74) is 10.1. The van der Waals surface area contributed by atoms with Crippen LogP contribution in [0.4, 0.5) is 0 Å². The number of aliphatic hydroxyl groups excluding tert-OH is 1. The molecule has 1 unspecified atom stereocenters. The first-order chi connectivity index (χ1) is 26.4. The van der Waals surface area contributed by atoms with Gasteiger partial charge in [0.25, 0.3) is 0 Å². The topological polar surface area (TPSA) is 189 Å². The molecule has 3 aromatic rings. The molecule has 55 heavy (non-hydrogen) atoms. The second-order valence-corrected chi connectivity index (χ2v) is 14.9. The number of likely N-dealkylation sites (N-methyl/N-ethyl adjacent to an activating group) is 1. The lowest BCUT2D eigenvalue weighted by molar-refractivity contribution is -0.165. The van der Waals surface area contributed by atoms with Gasteiger partial charge in [0.2, 0.25) is 0 Å². The molecule has 2 bridgehead atoms. The summed E-state index contributed by atoms with van der Waals surface area (Å²) in [4.78, 5) is 27.5. The van der Waals surface area contributed by atoms with Crippen molar-refractivity contribution in [3.63, 3.8) is 0 Å². The summed E-state index contributed by atoms with van der Waals surface area (Å²) in [5, 5.41) is 42.9. The van der Waals surface area contributed by atoms with Gasteiger partial charge in [-0.2, -0.15) is 0 Å². The number of carbonyl (C=O) groups is 1. The Hall–Kier alpha value is -5.46. The minimum Gasteiger partial charge on any atom is -0.508 e. The van der Waals surface area contributed by atoms with Gasteiger partial charge >= 0.3 is 5.97 Å². The number of hydrogen-bond donors (Lipinski definition) is 7. The normalized spacial score (nSPS) is 24.9. The lowest BCUT2D eigenvalue weighted by atomic mass is 9.70. The molecule has 1 aromatic heterocycles. The van der Waals surface area contributed by atoms with Crippen molar-refractivity contribution in [1.29, 1.82) is 0 Å². The fourth-order valence-electron chi connectivity index (χ4n) is 8.46. The maximum atomic E-state index is 13.9. The van der Waals surface area contributed by atoms with Crippen molar-refractivity contribution in [2.24, 2.45) is 11.7 Å². The molecule has 0 radical (unpaired) electrons. The summed E-state index contributed by atoms with van der Waals surface area (Å²) in [6.45, 7) is 8.17. The fourth-order valence-corrected chi connectivity index (χ4v) is 8.46. The lowest BCUT2D eigenvalue weighted by Crippen LogP contribution is -2.56. The zero-order valence-electron chi connectivity index (χ0n) is 31.7. The highest BCUT2D eigenvalue weighted by Crippen LogP contribution is 2.55. The van der Waals surface area contributed by atoms with Gasteiger partial charge in [0, 0.05) is 53.8 Å². The molecular formula is C43H50N4O8. The Morgan fingerprint density at radius 1 is 1.22 bits per heavy atom. The summed E-state index contributed by atoms with van der Waals surface area (Å²) in [6.07, 6.45) is 11.1. The number of nitrogens with one attached hydrogen (secondary N) is 3. The minimum atomic E-state index is -1.16. The first-order valence-corrected chi connectivity index (χ1v) is 19.0. The molecule has 0 aliphatic carbocycles. The monoisotopic (exact) mass is 750 g/mol. The molecule has 4 aliphatic heterocycles. The Bertz CT molecular complexity index is 2230. The van der Waals surface area contributed by atoms with Crippen LogP contribution < -0.4 is 31.8 Å². The second kappa shape index (κ2) is 15.3. The Labute approximate surface area is 320 Å². The Balaban J connectivity index is 1.51. The summed E-state index contributed by atoms with van der Waals surface area (Å²) in [6, 6.07) is 8.16. The summed E-state index contributed by atoms with van der Waals surface area (Å²) in [5.74, 6) is -0.658. The molecule has 7 rings (SSSR count). The highest BCUT2D eigenvalue weighted by atomic mass is 16.6. The smallest absolute Gasteiger partial charge is 0.333 e. The van der Waals surface area contributed by atoms with Gasteiger partial charge in [0.1, 0.15) is 52.3 Å². The van der Waals surface area contributed by atoms with Gasteiger partial charge < -0.3 is 45.6 Å². The third-order valence-electron chi connectivity index (χ3n) is 11.6. The average molecular weight is 751 g/mol. The van der Waals surface area contributed by atoms with E-state index in [1.807, 2.05) is 26.1 Å². The van der Waals surface area contributed by atoms with E-state index >= 15 is 0 Å². The number of fused-ring (bicyclic) bond motifs is 4. The molecule has 12 nitrogen and oxygen atoms in total. The number of benzene rings is 2. The molecule has 0 saturated heterocycles. The van der Waals surface area contributed by atoms with Crippen LogP contribution in [-0.4, -0.2) is 52.2 Å². The Kier molecular flexibility index (Phi) is 10.6. The summed E-state index contributed by atoms with van der Waals surface area (Å²) in [7, 11) is 0. The zero-order chi connectivity index (χ0) is 39.0. The molecule has 0 fully saturated rings. The van der Waals surface area contributed by atoms with E-state index in [0.29, 0.717) is 60.5 Å². The molecule has 12 heteroatoms. The van der Waals surface area contributed by atoms with Gasteiger partial charge in [-0.1, -0.05) is 37.3 Å². The SMILES string of the molecule is C/C=C(/C)C(=O)O[C@@H]1Cc2c3c(c4oc(CO)cc(=O)c4c2O)[C@@H](Cc2cccc(O)c2)C2=CCNC(N)=C2CC[C@@H](CC2=CNC(NCC)C=C2)[C@]1(C)O3. The second-order valence-electron chi connectivity index (χ2n) is 14.9. The average Bonchev–Trinajstić information content (AvgIpc) is 3.16. The number of aliphatic hydroxyl groups is 1. The maximum Gasteiger partial charge on any atom is 0.333 e. The van der Waals surface area contributed by atoms with Crippen LogP contribution in [0.2, 0.25) is 0 Å². The third kappa shape index (κ3) is 7.12. The van der Waals surface area contributed by atoms with Crippen molar-refractivity contribution in [3.8, 4) is 17.2 Å². The van der Waals surface area contributed by atoms with Crippen molar-refractivity contribution >= 4 is 16.9 Å². The van der Waals surface area contributed by atoms with Crippen LogP contribution in [0.3, 0.4) is 0 Å². The number of aromatic hydroxyl groups is 2. The van der Waals surface area contributed by atoms with Crippen LogP contribution in [0.25, 0.3) is 11.0 Å². The first kappa shape index (κ1) is 37.8. The predicted octanol–water partition coefficient (Wildman–Crippen LogP) is 5.07. The van der Waals surface area contributed by atoms with E-state index < -0.39 is 35.6 Å². The largest absolute Gasteiger partial charge is 0.508 e. The van der Waals surface area contributed by atoms with E-state index in [1.54, 1.807) is 38.1 Å². The Morgan fingerprint density at radius 3 is 2.75 bits per heavy atom. The number of dihydropyridines is 2. The van der Waals surface area contributed by atoms with Crippen molar-refractivity contribution in [2.45, 2.75) is 90.2 Å². The zero-order valence-corrected chi connectivity index (χ0v) is 31.7. The van der Waals surface area contributed by atoms with Crippen LogP contribution in [0, 0.1) is 5.92 Å². The quantitative estimate of drug-likeness (QED) is 0.114. The molecule has 4 aliphatic rings. The van der Waals surface area contributed by atoms with Crippen LogP contribution in [0.5, 0.6) is 17.2 Å². The van der Waals surface area contributed by atoms with Crippen LogP contribution in [-0.2, 0) is 29.0 Å². The Morgan fingerprint density at radius 2 is 2.04 bits per heavy atom. The van der Waals surface area contributed by atoms with Crippen molar-refractivity contribution in [1.82, 2.24) is 16.0 Å². The van der Waals surface area contributed by atoms with Gasteiger partial charge in [-0.15, -0.1) is 0 Å². The van der Waals surface area contributed by atoms with Gasteiger partial charge in [-0.05, 0) is 93.5 Å². The standard InChI is InChI=1S/C43H50N4O8/c1-5-23(3)42(52)54-34-20-32-38(51)37-33(50)19-28(22-48)53-40(37)36-31(18-24-8-7-9-27(49)17-24)29-14-15-46-41(44)30(29)12-11-26(43(34,4)55-39(32)36)16-25-10-13-35(45-6-2)47-21-25/h5,7-10,13-14,17,19,21,26,31,34-35,45-49,51H,6,11-12,15-16,18,20,22,44H2,1-4H3/b23-5-/t26-,31-,34+,35?,43-/m0/s1. The molecule has 2 aromatic carbocycles. The van der Waals surface area contributed by atoms with E-state index in [4.69, 9.17) is 19.6 Å². The van der Waals surface area contributed by atoms with Crippen LogP contribution >= 0.6 is 0 Å². The number of rotatable bonds is 9. The van der Waals surface area contributed by atoms with Gasteiger partial charge in [-0.25, -0.2) is 4.79 Å². The molecule has 290 valence electrons. The summed E-state index contributed by atoms with van der Waals surface area (Å²) >= 11 is 0. The minimum absolute atomic E-state index is 0.00425. The number of nitrogens with two attached hydrogens (primary N) is 1. The van der Waals surface area contributed by atoms with E-state index in [0.717, 1.165) is 28.8 Å². The molecule has 8 N–H and O–H groups in total. The number of esters is 1. The number of carbonyl (C=O) groups excluding carboxylic acids is 1. The number of phenolic OH excluding ortho intramolecular Hbond substituents is 2. The van der Waals surface area contributed by atoms with E-state index in [-0.39, 0.29) is 46.7 Å². The summed E-state index contributed by atoms with van der Waals surface area (Å²) < 4.78 is 20.0. The van der Waals surface area contributed by atoms with E-state index in [2.05, 4.69) is 34.2 Å². The molecule has 0 spiro atoms.